The summed E-state index contributed by atoms with van der Waals surface area (Å²) in [6.45, 7) is 7.20. The molecule has 1 aromatic heterocycles. The molecule has 6 rings (SSSR count). The lowest BCUT2D eigenvalue weighted by molar-refractivity contribution is -0.133. The summed E-state index contributed by atoms with van der Waals surface area (Å²) in [5.41, 5.74) is 6.24. The van der Waals surface area contributed by atoms with Crippen molar-refractivity contribution in [1.82, 2.24) is 14.4 Å². The molecule has 51 heavy (non-hydrogen) atoms. The lowest BCUT2D eigenvalue weighted by atomic mass is 9.83. The molecule has 0 saturated carbocycles. The summed E-state index contributed by atoms with van der Waals surface area (Å²) >= 11 is 6.24. The van der Waals surface area contributed by atoms with Crippen LogP contribution in [0.25, 0.3) is 22.3 Å². The number of hydrogen-bond donors (Lipinski definition) is 1. The van der Waals surface area contributed by atoms with Gasteiger partial charge in [-0.3, -0.25) is 4.79 Å². The van der Waals surface area contributed by atoms with Gasteiger partial charge in [-0.2, -0.15) is 0 Å². The first-order valence-corrected chi connectivity index (χ1v) is 17.7. The van der Waals surface area contributed by atoms with Gasteiger partial charge in [-0.25, -0.2) is 13.6 Å². The molecule has 0 fully saturated rings. The summed E-state index contributed by atoms with van der Waals surface area (Å²) in [5, 5.41) is 10.4. The molecular formula is C42H42ClF2N3O3. The summed E-state index contributed by atoms with van der Waals surface area (Å²) in [5.74, 6) is -1.79. The largest absolute Gasteiger partial charge is 0.465 e. The number of hydrogen-bond acceptors (Lipinski definition) is 2. The maximum Gasteiger partial charge on any atom is 0.407 e. The van der Waals surface area contributed by atoms with Gasteiger partial charge in [0, 0.05) is 55.1 Å². The fourth-order valence-electron chi connectivity index (χ4n) is 7.46. The van der Waals surface area contributed by atoms with E-state index in [1.165, 1.54) is 11.0 Å². The highest BCUT2D eigenvalue weighted by Crippen LogP contribution is 2.45. The minimum Gasteiger partial charge on any atom is -0.465 e. The Balaban J connectivity index is 1.31. The summed E-state index contributed by atoms with van der Waals surface area (Å²) in [6, 6.07) is 30.7. The van der Waals surface area contributed by atoms with Crippen molar-refractivity contribution >= 4 is 23.6 Å². The van der Waals surface area contributed by atoms with E-state index in [2.05, 4.69) is 24.3 Å². The van der Waals surface area contributed by atoms with Gasteiger partial charge in [-0.1, -0.05) is 99.6 Å². The van der Waals surface area contributed by atoms with Gasteiger partial charge in [0.05, 0.1) is 6.04 Å². The van der Waals surface area contributed by atoms with Crippen molar-refractivity contribution in [3.05, 3.63) is 143 Å². The predicted octanol–water partition coefficient (Wildman–Crippen LogP) is 9.82. The highest BCUT2D eigenvalue weighted by atomic mass is 35.5. The van der Waals surface area contributed by atoms with E-state index in [9.17, 15) is 19.1 Å². The van der Waals surface area contributed by atoms with Crippen LogP contribution in [0.2, 0.25) is 0 Å². The SMILES string of the molecule is CC(C)(C)[C@H](c1cc(-c2cc(F)ccc2F)cn1Cc1ccccc1)N(CCCN(CC1c2ccccc2-c2ccccc21)C(=O)O)C(=O)CCl. The number of fused-ring (bicyclic) bond motifs is 3. The fourth-order valence-corrected chi connectivity index (χ4v) is 7.61. The van der Waals surface area contributed by atoms with Gasteiger partial charge in [-0.05, 0) is 63.9 Å². The van der Waals surface area contributed by atoms with Crippen molar-refractivity contribution in [2.45, 2.75) is 45.7 Å². The van der Waals surface area contributed by atoms with Crippen LogP contribution in [-0.4, -0.2) is 57.0 Å². The maximum absolute atomic E-state index is 15.1. The van der Waals surface area contributed by atoms with Crippen molar-refractivity contribution in [3.8, 4) is 22.3 Å². The molecule has 0 radical (unpaired) electrons. The van der Waals surface area contributed by atoms with E-state index in [0.29, 0.717) is 18.5 Å². The van der Waals surface area contributed by atoms with E-state index in [1.807, 2.05) is 86.0 Å². The number of nitrogens with zero attached hydrogens (tertiary/aromatic N) is 3. The highest BCUT2D eigenvalue weighted by molar-refractivity contribution is 6.27. The molecule has 6 nitrogen and oxygen atoms in total. The predicted molar refractivity (Wildman–Crippen MR) is 198 cm³/mol. The topological polar surface area (TPSA) is 65.8 Å². The molecule has 4 aromatic carbocycles. The molecule has 264 valence electrons. The van der Waals surface area contributed by atoms with Crippen LogP contribution in [0.1, 0.15) is 61.5 Å². The Morgan fingerprint density at radius 1 is 0.843 bits per heavy atom. The monoisotopic (exact) mass is 709 g/mol. The Labute approximate surface area is 302 Å². The molecular weight excluding hydrogens is 668 g/mol. The van der Waals surface area contributed by atoms with Gasteiger partial charge in [-0.15, -0.1) is 11.6 Å². The summed E-state index contributed by atoms with van der Waals surface area (Å²) in [7, 11) is 0. The lowest BCUT2D eigenvalue weighted by Crippen LogP contribution is -2.44. The quantitative estimate of drug-likeness (QED) is 0.131. The van der Waals surface area contributed by atoms with Gasteiger partial charge in [0.1, 0.15) is 17.5 Å². The number of rotatable bonds is 12. The number of carbonyl (C=O) groups is 2. The molecule has 1 atom stereocenters. The molecule has 5 aromatic rings. The molecule has 0 unspecified atom stereocenters. The molecule has 9 heteroatoms. The highest BCUT2D eigenvalue weighted by Gasteiger charge is 2.37. The van der Waals surface area contributed by atoms with Crippen LogP contribution in [0.4, 0.5) is 13.6 Å². The molecule has 1 N–H and O–H groups in total. The van der Waals surface area contributed by atoms with Gasteiger partial charge in [0.2, 0.25) is 5.91 Å². The van der Waals surface area contributed by atoms with Crippen LogP contribution in [0.3, 0.4) is 0 Å². The number of aromatic nitrogens is 1. The molecule has 1 aliphatic rings. The molecule has 0 spiro atoms. The van der Waals surface area contributed by atoms with Gasteiger partial charge in [0.25, 0.3) is 0 Å². The zero-order valence-electron chi connectivity index (χ0n) is 29.0. The number of carboxylic acid groups (broad SMARTS) is 1. The molecule has 1 aliphatic carbocycles. The number of carbonyl (C=O) groups excluding carboxylic acids is 1. The number of amides is 2. The van der Waals surface area contributed by atoms with Gasteiger partial charge < -0.3 is 19.5 Å². The summed E-state index contributed by atoms with van der Waals surface area (Å²) in [6.07, 6.45) is 1.13. The lowest BCUT2D eigenvalue weighted by Gasteiger charge is -2.41. The minimum absolute atomic E-state index is 0.112. The van der Waals surface area contributed by atoms with E-state index in [1.54, 1.807) is 11.1 Å². The van der Waals surface area contributed by atoms with Crippen LogP contribution < -0.4 is 0 Å². The third-order valence-corrected chi connectivity index (χ3v) is 9.90. The van der Waals surface area contributed by atoms with Gasteiger partial charge >= 0.3 is 6.09 Å². The zero-order chi connectivity index (χ0) is 36.3. The normalized spacial score (nSPS) is 13.1. The van der Waals surface area contributed by atoms with Crippen LogP contribution in [0.15, 0.2) is 109 Å². The van der Waals surface area contributed by atoms with Crippen molar-refractivity contribution in [2.75, 3.05) is 25.5 Å². The Morgan fingerprint density at radius 3 is 2.08 bits per heavy atom. The van der Waals surface area contributed by atoms with Crippen LogP contribution in [0.5, 0.6) is 0 Å². The van der Waals surface area contributed by atoms with E-state index < -0.39 is 29.2 Å². The smallest absolute Gasteiger partial charge is 0.407 e. The number of alkyl halides is 1. The van der Waals surface area contributed by atoms with E-state index in [-0.39, 0.29) is 42.9 Å². The molecule has 0 aliphatic heterocycles. The number of halogens is 3. The first kappa shape index (κ1) is 35.9. The average Bonchev–Trinajstić information content (AvgIpc) is 3.66. The Kier molecular flexibility index (Phi) is 10.6. The first-order valence-electron chi connectivity index (χ1n) is 17.2. The van der Waals surface area contributed by atoms with Gasteiger partial charge in [0.15, 0.2) is 0 Å². The van der Waals surface area contributed by atoms with E-state index in [4.69, 9.17) is 11.6 Å². The third-order valence-electron chi connectivity index (χ3n) is 9.68. The van der Waals surface area contributed by atoms with E-state index >= 15 is 4.39 Å². The maximum atomic E-state index is 15.1. The second-order valence-corrected chi connectivity index (χ2v) is 14.5. The van der Waals surface area contributed by atoms with Crippen LogP contribution in [-0.2, 0) is 11.3 Å². The molecule has 2 amide bonds. The Bertz CT molecular complexity index is 1980. The Hall–Kier alpha value is -4.95. The molecule has 0 saturated heterocycles. The third kappa shape index (κ3) is 7.71. The Morgan fingerprint density at radius 2 is 1.47 bits per heavy atom. The number of benzene rings is 4. The second-order valence-electron chi connectivity index (χ2n) is 14.2. The summed E-state index contributed by atoms with van der Waals surface area (Å²) < 4.78 is 31.5. The fraction of sp³-hybridized carbons (Fsp3) is 0.286. The van der Waals surface area contributed by atoms with E-state index in [0.717, 1.165) is 45.6 Å². The summed E-state index contributed by atoms with van der Waals surface area (Å²) in [4.78, 5) is 29.5. The first-order chi connectivity index (χ1) is 24.5. The van der Waals surface area contributed by atoms with Crippen LogP contribution in [0, 0.1) is 17.0 Å². The van der Waals surface area contributed by atoms with Crippen molar-refractivity contribution in [2.24, 2.45) is 5.41 Å². The zero-order valence-corrected chi connectivity index (χ0v) is 29.8. The second kappa shape index (κ2) is 15.1. The van der Waals surface area contributed by atoms with Crippen LogP contribution >= 0.6 is 11.6 Å². The van der Waals surface area contributed by atoms with Crippen molar-refractivity contribution in [1.29, 1.82) is 0 Å². The van der Waals surface area contributed by atoms with Crippen molar-refractivity contribution in [3.63, 3.8) is 0 Å². The standard InChI is InChI=1S/C42H42ClF2N3O3/c1-42(2,3)40(38-22-29(35-23-30(44)18-19-37(35)45)26-47(38)25-28-12-5-4-6-13-28)48(39(49)24-43)21-11-20-46(41(50)51)27-36-33-16-9-7-14-31(33)32-15-8-10-17-34(32)36/h4-10,12-19,22-23,26,36,40H,11,20-21,24-25,27H2,1-3H3,(H,50,51)/t40-/m0/s1. The molecule has 1 heterocycles. The molecule has 0 bridgehead atoms. The van der Waals surface area contributed by atoms with Crippen molar-refractivity contribution < 1.29 is 23.5 Å². The average molecular weight is 710 g/mol. The minimum atomic E-state index is -1.03.